The first-order valence-corrected chi connectivity index (χ1v) is 7.78. The third-order valence-electron chi connectivity index (χ3n) is 3.18. The fourth-order valence-corrected chi connectivity index (χ4v) is 2.91. The van der Waals surface area contributed by atoms with Gasteiger partial charge in [-0.25, -0.2) is 9.59 Å². The van der Waals surface area contributed by atoms with Crippen molar-refractivity contribution < 1.29 is 28.5 Å². The molecule has 1 atom stereocenters. The van der Waals surface area contributed by atoms with Gasteiger partial charge in [0.15, 0.2) is 0 Å². The number of esters is 2. The molecular weight excluding hydrogens is 340 g/mol. The van der Waals surface area contributed by atoms with Gasteiger partial charge in [-0.3, -0.25) is 0 Å². The number of rotatable bonds is 6. The summed E-state index contributed by atoms with van der Waals surface area (Å²) >= 11 is 10.5. The van der Waals surface area contributed by atoms with E-state index in [1.54, 1.807) is 6.92 Å². The van der Waals surface area contributed by atoms with Gasteiger partial charge in [0.25, 0.3) is 0 Å². The minimum absolute atomic E-state index is 0.120. The van der Waals surface area contributed by atoms with Crippen LogP contribution < -0.4 is 0 Å². The number of ether oxygens (including phenoxy) is 4. The lowest BCUT2D eigenvalue weighted by Gasteiger charge is -2.28. The van der Waals surface area contributed by atoms with Crippen molar-refractivity contribution in [3.63, 3.8) is 0 Å². The Labute approximate surface area is 146 Å². The predicted molar refractivity (Wildman–Crippen MR) is 91.4 cm³/mol. The molecule has 1 unspecified atom stereocenters. The number of methoxy groups -OCH3 is 2. The van der Waals surface area contributed by atoms with Gasteiger partial charge in [0.05, 0.1) is 24.2 Å². The highest BCUT2D eigenvalue weighted by Crippen LogP contribution is 2.27. The second-order valence-corrected chi connectivity index (χ2v) is 6.22. The molecule has 0 radical (unpaired) electrons. The molecule has 0 heterocycles. The molecule has 0 amide bonds. The van der Waals surface area contributed by atoms with Crippen molar-refractivity contribution in [2.75, 3.05) is 20.8 Å². The monoisotopic (exact) mass is 360 g/mol. The first-order chi connectivity index (χ1) is 10.7. The number of carbonyl (C=O) groups excluding carboxylic acids is 2. The van der Waals surface area contributed by atoms with Gasteiger partial charge in [0.1, 0.15) is 11.9 Å². The zero-order valence-corrected chi connectivity index (χ0v) is 15.4. The molecule has 0 aromatic rings. The lowest BCUT2D eigenvalue weighted by molar-refractivity contribution is -0.176. The lowest BCUT2D eigenvalue weighted by atomic mass is 9.94. The lowest BCUT2D eigenvalue weighted by Crippen LogP contribution is -2.42. The average molecular weight is 360 g/mol. The van der Waals surface area contributed by atoms with Gasteiger partial charge in [-0.1, -0.05) is 24.4 Å². The van der Waals surface area contributed by atoms with Crippen molar-refractivity contribution in [2.24, 2.45) is 0 Å². The number of hydrogen-bond donors (Lipinski definition) is 0. The molecule has 128 valence electrons. The summed E-state index contributed by atoms with van der Waals surface area (Å²) in [5.41, 5.74) is -1.26. The van der Waals surface area contributed by atoms with Crippen LogP contribution in [0.2, 0.25) is 0 Å². The van der Waals surface area contributed by atoms with Crippen molar-refractivity contribution in [3.8, 4) is 0 Å². The molecule has 0 aliphatic heterocycles. The van der Waals surface area contributed by atoms with E-state index in [0.29, 0.717) is 4.86 Å². The second kappa shape index (κ2) is 7.94. The first kappa shape index (κ1) is 19.7. The van der Waals surface area contributed by atoms with Gasteiger partial charge < -0.3 is 18.9 Å². The third kappa shape index (κ3) is 4.33. The van der Waals surface area contributed by atoms with Crippen LogP contribution in [0.1, 0.15) is 27.2 Å². The van der Waals surface area contributed by atoms with Crippen LogP contribution in [0.15, 0.2) is 11.3 Å². The van der Waals surface area contributed by atoms with Crippen LogP contribution in [0, 0.1) is 0 Å². The SMILES string of the molecule is CCOC(=O)C(C)(C)OC(=O)C1=C(OC)C(=S)C(OC)C(=S)C1. The zero-order valence-electron chi connectivity index (χ0n) is 13.8. The van der Waals surface area contributed by atoms with Crippen molar-refractivity contribution in [1.29, 1.82) is 0 Å². The summed E-state index contributed by atoms with van der Waals surface area (Å²) in [6.07, 6.45) is -0.445. The van der Waals surface area contributed by atoms with E-state index in [0.717, 1.165) is 0 Å². The number of carbonyl (C=O) groups is 2. The summed E-state index contributed by atoms with van der Waals surface area (Å²) in [6.45, 7) is 4.76. The normalized spacial score (nSPS) is 18.7. The second-order valence-electron chi connectivity index (χ2n) is 5.26. The molecule has 0 spiro atoms. The van der Waals surface area contributed by atoms with Gasteiger partial charge in [0, 0.05) is 18.4 Å². The van der Waals surface area contributed by atoms with Crippen LogP contribution in [0.25, 0.3) is 0 Å². The highest BCUT2D eigenvalue weighted by atomic mass is 32.1. The molecular formula is C15H20O6S2. The van der Waals surface area contributed by atoms with Gasteiger partial charge in [-0.05, 0) is 20.8 Å². The van der Waals surface area contributed by atoms with Gasteiger partial charge in [-0.15, -0.1) is 0 Å². The molecule has 0 aromatic carbocycles. The summed E-state index contributed by atoms with van der Waals surface area (Å²) in [7, 11) is 2.87. The molecule has 6 nitrogen and oxygen atoms in total. The fourth-order valence-electron chi connectivity index (χ4n) is 2.03. The highest BCUT2D eigenvalue weighted by Gasteiger charge is 2.39. The van der Waals surface area contributed by atoms with Crippen LogP contribution in [0.5, 0.6) is 0 Å². The summed E-state index contributed by atoms with van der Waals surface area (Å²) in [5, 5.41) is 0. The smallest absolute Gasteiger partial charge is 0.350 e. The Morgan fingerprint density at radius 1 is 1.26 bits per heavy atom. The van der Waals surface area contributed by atoms with Gasteiger partial charge in [-0.2, -0.15) is 0 Å². The largest absolute Gasteiger partial charge is 0.495 e. The molecule has 23 heavy (non-hydrogen) atoms. The van der Waals surface area contributed by atoms with Crippen molar-refractivity contribution >= 4 is 46.1 Å². The van der Waals surface area contributed by atoms with Crippen molar-refractivity contribution in [2.45, 2.75) is 38.9 Å². The van der Waals surface area contributed by atoms with Crippen molar-refractivity contribution in [3.05, 3.63) is 11.3 Å². The molecule has 8 heteroatoms. The Morgan fingerprint density at radius 3 is 2.35 bits per heavy atom. The maximum atomic E-state index is 12.4. The molecule has 0 N–H and O–H groups in total. The van der Waals surface area contributed by atoms with E-state index in [9.17, 15) is 9.59 Å². The Morgan fingerprint density at radius 2 is 1.87 bits per heavy atom. The minimum Gasteiger partial charge on any atom is -0.495 e. The van der Waals surface area contributed by atoms with Crippen LogP contribution in [0.3, 0.4) is 0 Å². The molecule has 1 aliphatic carbocycles. The van der Waals surface area contributed by atoms with E-state index < -0.39 is 23.6 Å². The highest BCUT2D eigenvalue weighted by molar-refractivity contribution is 7.82. The summed E-state index contributed by atoms with van der Waals surface area (Å²) in [6, 6.07) is 0. The standard InChI is InChI=1S/C15H20O6S2/c1-6-20-14(17)15(2,3)21-13(16)8-7-9(22)11(19-5)12(23)10(8)18-4/h11H,6-7H2,1-5H3. The Balaban J connectivity index is 3.08. The van der Waals surface area contributed by atoms with Gasteiger partial charge >= 0.3 is 11.9 Å². The van der Waals surface area contributed by atoms with E-state index in [-0.39, 0.29) is 29.2 Å². The maximum Gasteiger partial charge on any atom is 0.350 e. The van der Waals surface area contributed by atoms with E-state index >= 15 is 0 Å². The zero-order chi connectivity index (χ0) is 17.8. The molecule has 0 fully saturated rings. The van der Waals surface area contributed by atoms with E-state index in [1.807, 2.05) is 0 Å². The topological polar surface area (TPSA) is 71.1 Å². The first-order valence-electron chi connectivity index (χ1n) is 6.97. The fraction of sp³-hybridized carbons (Fsp3) is 0.600. The van der Waals surface area contributed by atoms with Gasteiger partial charge in [0.2, 0.25) is 5.60 Å². The molecule has 0 saturated heterocycles. The molecule has 1 rings (SSSR count). The van der Waals surface area contributed by atoms with Crippen LogP contribution in [-0.4, -0.2) is 54.2 Å². The number of thiocarbonyl (C=S) groups is 2. The van der Waals surface area contributed by atoms with E-state index in [4.69, 9.17) is 43.4 Å². The summed E-state index contributed by atoms with van der Waals surface area (Å²) in [5.74, 6) is -1.16. The summed E-state index contributed by atoms with van der Waals surface area (Å²) in [4.78, 5) is 25.0. The summed E-state index contributed by atoms with van der Waals surface area (Å²) < 4.78 is 20.6. The average Bonchev–Trinajstić information content (AvgIpc) is 2.46. The Kier molecular flexibility index (Phi) is 6.79. The van der Waals surface area contributed by atoms with E-state index in [1.165, 1.54) is 28.1 Å². The van der Waals surface area contributed by atoms with Crippen LogP contribution in [-0.2, 0) is 28.5 Å². The quantitative estimate of drug-likeness (QED) is 0.526. The Bertz CT molecular complexity index is 564. The molecule has 0 aromatic heterocycles. The minimum atomic E-state index is -1.43. The Hall–Kier alpha value is -1.38. The molecule has 1 aliphatic rings. The van der Waals surface area contributed by atoms with Crippen LogP contribution in [0.4, 0.5) is 0 Å². The van der Waals surface area contributed by atoms with Crippen LogP contribution >= 0.6 is 24.4 Å². The predicted octanol–water partition coefficient (Wildman–Crippen LogP) is 1.93. The van der Waals surface area contributed by atoms with E-state index in [2.05, 4.69) is 0 Å². The number of hydrogen-bond acceptors (Lipinski definition) is 8. The van der Waals surface area contributed by atoms with Crippen molar-refractivity contribution in [1.82, 2.24) is 0 Å². The molecule has 0 bridgehead atoms. The third-order valence-corrected chi connectivity index (χ3v) is 3.94. The molecule has 0 saturated carbocycles. The maximum absolute atomic E-state index is 12.4.